The molecule has 1 heterocycles. The van der Waals surface area contributed by atoms with Gasteiger partial charge in [0, 0.05) is 9.90 Å². The molecule has 4 nitrogen and oxygen atoms in total. The maximum Gasteiger partial charge on any atom is 0.341 e. The lowest BCUT2D eigenvalue weighted by Gasteiger charge is -2.07. The van der Waals surface area contributed by atoms with Crippen molar-refractivity contribution in [2.45, 2.75) is 26.7 Å². The Morgan fingerprint density at radius 3 is 2.48 bits per heavy atom. The summed E-state index contributed by atoms with van der Waals surface area (Å²) in [7, 11) is 1.34. The summed E-state index contributed by atoms with van der Waals surface area (Å²) in [6.07, 6.45) is 0.927. The van der Waals surface area contributed by atoms with E-state index in [9.17, 15) is 9.59 Å². The Morgan fingerprint density at radius 1 is 1.26 bits per heavy atom. The number of carbonyl (C=O) groups is 2. The molecule has 2 rings (SSSR count). The average molecular weight is 352 g/mol. The van der Waals surface area contributed by atoms with Crippen molar-refractivity contribution in [2.75, 3.05) is 12.4 Å². The summed E-state index contributed by atoms with van der Waals surface area (Å²) in [5, 5.41) is 4.00. The zero-order valence-electron chi connectivity index (χ0n) is 13.2. The predicted octanol–water partition coefficient (Wildman–Crippen LogP) is 4.24. The van der Waals surface area contributed by atoms with E-state index in [0.29, 0.717) is 22.0 Å². The first-order valence-electron chi connectivity index (χ1n) is 7.21. The van der Waals surface area contributed by atoms with E-state index in [1.54, 1.807) is 24.3 Å². The highest BCUT2D eigenvalue weighted by atomic mass is 35.5. The smallest absolute Gasteiger partial charge is 0.341 e. The molecule has 0 aliphatic heterocycles. The Kier molecular flexibility index (Phi) is 5.80. The molecule has 1 amide bonds. The molecule has 0 saturated carbocycles. The minimum Gasteiger partial charge on any atom is -0.465 e. The van der Waals surface area contributed by atoms with Crippen LogP contribution in [0.2, 0.25) is 5.02 Å². The van der Waals surface area contributed by atoms with E-state index < -0.39 is 5.97 Å². The van der Waals surface area contributed by atoms with Crippen LogP contribution in [-0.4, -0.2) is 19.0 Å². The third kappa shape index (κ3) is 4.12. The van der Waals surface area contributed by atoms with E-state index >= 15 is 0 Å². The van der Waals surface area contributed by atoms with Gasteiger partial charge in [-0.2, -0.15) is 0 Å². The zero-order valence-corrected chi connectivity index (χ0v) is 14.8. The van der Waals surface area contributed by atoms with Gasteiger partial charge in [0.25, 0.3) is 0 Å². The van der Waals surface area contributed by atoms with E-state index in [0.717, 1.165) is 16.0 Å². The van der Waals surface area contributed by atoms with Gasteiger partial charge >= 0.3 is 5.97 Å². The van der Waals surface area contributed by atoms with Crippen LogP contribution in [0.1, 0.15) is 33.3 Å². The summed E-state index contributed by atoms with van der Waals surface area (Å²) in [6.45, 7) is 3.91. The number of methoxy groups -OCH3 is 1. The van der Waals surface area contributed by atoms with Crippen LogP contribution in [0.25, 0.3) is 0 Å². The van der Waals surface area contributed by atoms with Gasteiger partial charge in [0.15, 0.2) is 0 Å². The standard InChI is InChI=1S/C17H18ClNO3S/c1-4-13-10(2)23-16(15(13)17(21)22-3)19-14(20)9-11-5-7-12(18)8-6-11/h5-8H,4,9H2,1-3H3,(H,19,20). The number of nitrogens with one attached hydrogen (secondary N) is 1. The van der Waals surface area contributed by atoms with Crippen molar-refractivity contribution >= 4 is 39.8 Å². The van der Waals surface area contributed by atoms with Crippen LogP contribution in [0.3, 0.4) is 0 Å². The average Bonchev–Trinajstić information content (AvgIpc) is 2.83. The molecule has 0 bridgehead atoms. The molecule has 23 heavy (non-hydrogen) atoms. The first kappa shape index (κ1) is 17.5. The normalized spacial score (nSPS) is 10.4. The molecule has 0 aliphatic carbocycles. The highest BCUT2D eigenvalue weighted by molar-refractivity contribution is 7.16. The van der Waals surface area contributed by atoms with Crippen molar-refractivity contribution in [3.8, 4) is 0 Å². The maximum atomic E-state index is 12.2. The summed E-state index contributed by atoms with van der Waals surface area (Å²) in [5.41, 5.74) is 2.24. The lowest BCUT2D eigenvalue weighted by molar-refractivity contribution is -0.115. The molecule has 0 saturated heterocycles. The van der Waals surface area contributed by atoms with Crippen LogP contribution < -0.4 is 5.32 Å². The Morgan fingerprint density at radius 2 is 1.91 bits per heavy atom. The van der Waals surface area contributed by atoms with Gasteiger partial charge in [-0.05, 0) is 36.6 Å². The van der Waals surface area contributed by atoms with E-state index in [1.165, 1.54) is 18.4 Å². The topological polar surface area (TPSA) is 55.4 Å². The van der Waals surface area contributed by atoms with E-state index in [-0.39, 0.29) is 12.3 Å². The van der Waals surface area contributed by atoms with Gasteiger partial charge in [-0.3, -0.25) is 4.79 Å². The van der Waals surface area contributed by atoms with E-state index in [1.807, 2.05) is 13.8 Å². The van der Waals surface area contributed by atoms with Gasteiger partial charge in [-0.25, -0.2) is 4.79 Å². The molecule has 0 unspecified atom stereocenters. The maximum absolute atomic E-state index is 12.2. The quantitative estimate of drug-likeness (QED) is 0.820. The van der Waals surface area contributed by atoms with Crippen LogP contribution in [0.15, 0.2) is 24.3 Å². The summed E-state index contributed by atoms with van der Waals surface area (Å²) >= 11 is 7.23. The predicted molar refractivity (Wildman–Crippen MR) is 93.6 cm³/mol. The number of aryl methyl sites for hydroxylation is 1. The number of carbonyl (C=O) groups excluding carboxylic acids is 2. The number of amides is 1. The summed E-state index contributed by atoms with van der Waals surface area (Å²) in [6, 6.07) is 7.10. The molecule has 2 aromatic rings. The number of thiophene rings is 1. The van der Waals surface area contributed by atoms with Gasteiger partial charge in [0.2, 0.25) is 5.91 Å². The monoisotopic (exact) mass is 351 g/mol. The molecule has 0 atom stereocenters. The number of hydrogen-bond donors (Lipinski definition) is 1. The second-order valence-corrected chi connectivity index (χ2v) is 6.70. The Bertz CT molecular complexity index is 722. The first-order valence-corrected chi connectivity index (χ1v) is 8.40. The second kappa shape index (κ2) is 7.62. The minimum atomic E-state index is -0.423. The molecular weight excluding hydrogens is 334 g/mol. The molecule has 1 N–H and O–H groups in total. The van der Waals surface area contributed by atoms with Crippen molar-refractivity contribution < 1.29 is 14.3 Å². The van der Waals surface area contributed by atoms with Gasteiger partial charge in [-0.15, -0.1) is 11.3 Å². The van der Waals surface area contributed by atoms with Crippen LogP contribution in [0.5, 0.6) is 0 Å². The van der Waals surface area contributed by atoms with Crippen LogP contribution in [0.4, 0.5) is 5.00 Å². The summed E-state index contributed by atoms with van der Waals surface area (Å²) in [5.74, 6) is -0.602. The van der Waals surface area contributed by atoms with Gasteiger partial charge in [0.05, 0.1) is 19.1 Å². The molecule has 0 radical (unpaired) electrons. The highest BCUT2D eigenvalue weighted by Crippen LogP contribution is 2.34. The first-order chi connectivity index (χ1) is 11.0. The fourth-order valence-corrected chi connectivity index (χ4v) is 3.64. The van der Waals surface area contributed by atoms with Crippen LogP contribution in [-0.2, 0) is 22.4 Å². The Labute approximate surface area is 144 Å². The number of esters is 1. The molecule has 1 aromatic heterocycles. The SMILES string of the molecule is CCc1c(C)sc(NC(=O)Cc2ccc(Cl)cc2)c1C(=O)OC. The number of halogens is 1. The number of anilines is 1. The Hall–Kier alpha value is -1.85. The van der Waals surface area contributed by atoms with Crippen molar-refractivity contribution in [3.63, 3.8) is 0 Å². The van der Waals surface area contributed by atoms with E-state index in [2.05, 4.69) is 5.32 Å². The molecule has 0 spiro atoms. The number of hydrogen-bond acceptors (Lipinski definition) is 4. The van der Waals surface area contributed by atoms with Crippen molar-refractivity contribution in [1.82, 2.24) is 0 Å². The molecule has 122 valence electrons. The number of benzene rings is 1. The number of rotatable bonds is 5. The zero-order chi connectivity index (χ0) is 17.0. The van der Waals surface area contributed by atoms with Crippen LogP contribution in [0, 0.1) is 6.92 Å². The van der Waals surface area contributed by atoms with Crippen molar-refractivity contribution in [2.24, 2.45) is 0 Å². The second-order valence-electron chi connectivity index (χ2n) is 5.04. The van der Waals surface area contributed by atoms with Gasteiger partial charge < -0.3 is 10.1 Å². The Balaban J connectivity index is 2.20. The molecule has 6 heteroatoms. The molecule has 0 aliphatic rings. The molecular formula is C17H18ClNO3S. The van der Waals surface area contributed by atoms with E-state index in [4.69, 9.17) is 16.3 Å². The third-order valence-electron chi connectivity index (χ3n) is 3.48. The van der Waals surface area contributed by atoms with Gasteiger partial charge in [0.1, 0.15) is 5.00 Å². The van der Waals surface area contributed by atoms with Gasteiger partial charge in [-0.1, -0.05) is 30.7 Å². The summed E-state index contributed by atoms with van der Waals surface area (Å²) in [4.78, 5) is 25.3. The lowest BCUT2D eigenvalue weighted by Crippen LogP contribution is -2.16. The lowest BCUT2D eigenvalue weighted by atomic mass is 10.1. The third-order valence-corrected chi connectivity index (χ3v) is 4.80. The highest BCUT2D eigenvalue weighted by Gasteiger charge is 2.22. The van der Waals surface area contributed by atoms with Crippen molar-refractivity contribution in [1.29, 1.82) is 0 Å². The van der Waals surface area contributed by atoms with Crippen molar-refractivity contribution in [3.05, 3.63) is 50.9 Å². The minimum absolute atomic E-state index is 0.179. The van der Waals surface area contributed by atoms with Crippen LogP contribution >= 0.6 is 22.9 Å². The summed E-state index contributed by atoms with van der Waals surface area (Å²) < 4.78 is 4.85. The molecule has 1 aromatic carbocycles. The largest absolute Gasteiger partial charge is 0.465 e. The number of ether oxygens (including phenoxy) is 1. The fourth-order valence-electron chi connectivity index (χ4n) is 2.37. The fraction of sp³-hybridized carbons (Fsp3) is 0.294. The molecule has 0 fully saturated rings.